The molecule has 2 amide bonds. The molecule has 1 aliphatic rings. The van der Waals surface area contributed by atoms with E-state index in [0.29, 0.717) is 24.4 Å². The fourth-order valence-corrected chi connectivity index (χ4v) is 4.09. The van der Waals surface area contributed by atoms with E-state index in [9.17, 15) is 9.59 Å². The van der Waals surface area contributed by atoms with Crippen LogP contribution < -0.4 is 5.32 Å². The lowest BCUT2D eigenvalue weighted by atomic mass is 9.98. The summed E-state index contributed by atoms with van der Waals surface area (Å²) in [6.07, 6.45) is 3.98. The number of imidazole rings is 1. The number of carbonyl (C=O) groups excluding carboxylic acids is 2. The van der Waals surface area contributed by atoms with Crippen molar-refractivity contribution in [1.29, 1.82) is 0 Å². The van der Waals surface area contributed by atoms with E-state index in [1.165, 1.54) is 0 Å². The number of rotatable bonds is 5. The number of pyridine rings is 1. The van der Waals surface area contributed by atoms with Gasteiger partial charge in [-0.2, -0.15) is 0 Å². The molecule has 138 valence electrons. The number of aromatic nitrogens is 2. The summed E-state index contributed by atoms with van der Waals surface area (Å²) in [6.45, 7) is 0.952. The third-order valence-electron chi connectivity index (χ3n) is 4.69. The van der Waals surface area contributed by atoms with E-state index in [4.69, 9.17) is 0 Å². The van der Waals surface area contributed by atoms with Gasteiger partial charge >= 0.3 is 0 Å². The Morgan fingerprint density at radius 3 is 2.74 bits per heavy atom. The van der Waals surface area contributed by atoms with Crippen LogP contribution >= 0.6 is 11.8 Å². The first-order valence-corrected chi connectivity index (χ1v) is 9.79. The number of hydrogen-bond donors (Lipinski definition) is 1. The minimum Gasteiger partial charge on any atom is -0.359 e. The first kappa shape index (κ1) is 17.6. The molecule has 0 atom stereocenters. The zero-order valence-corrected chi connectivity index (χ0v) is 15.8. The maximum atomic E-state index is 12.8. The van der Waals surface area contributed by atoms with Crippen molar-refractivity contribution in [3.8, 4) is 0 Å². The summed E-state index contributed by atoms with van der Waals surface area (Å²) in [6, 6.07) is 13.5. The molecule has 1 fully saturated rings. The molecule has 27 heavy (non-hydrogen) atoms. The monoisotopic (exact) mass is 380 g/mol. The normalized spacial score (nSPS) is 14.2. The van der Waals surface area contributed by atoms with Crippen LogP contribution in [0.3, 0.4) is 0 Å². The molecule has 1 aromatic carbocycles. The molecular weight excluding hydrogens is 360 g/mol. The SMILES string of the molecule is CNC(=O)C1CN(C(=O)c2ccccc2SCc2cn3ccccc3n2)C1. The second-order valence-corrected chi connectivity index (χ2v) is 7.52. The van der Waals surface area contributed by atoms with Gasteiger partial charge in [-0.15, -0.1) is 11.8 Å². The number of hydrogen-bond acceptors (Lipinski definition) is 4. The van der Waals surface area contributed by atoms with Gasteiger partial charge in [0, 0.05) is 43.2 Å². The predicted molar refractivity (Wildman–Crippen MR) is 105 cm³/mol. The molecule has 6 nitrogen and oxygen atoms in total. The van der Waals surface area contributed by atoms with Crippen LogP contribution in [0.25, 0.3) is 5.65 Å². The molecule has 0 radical (unpaired) electrons. The summed E-state index contributed by atoms with van der Waals surface area (Å²) in [7, 11) is 1.62. The molecule has 0 aliphatic carbocycles. The minimum atomic E-state index is -0.100. The molecule has 1 N–H and O–H groups in total. The van der Waals surface area contributed by atoms with Gasteiger partial charge in [-0.25, -0.2) is 4.98 Å². The van der Waals surface area contributed by atoms with Crippen LogP contribution in [0, 0.1) is 5.92 Å². The van der Waals surface area contributed by atoms with E-state index in [-0.39, 0.29) is 17.7 Å². The number of likely N-dealkylation sites (tertiary alicyclic amines) is 1. The molecule has 0 bridgehead atoms. The van der Waals surface area contributed by atoms with Crippen molar-refractivity contribution in [1.82, 2.24) is 19.6 Å². The highest BCUT2D eigenvalue weighted by molar-refractivity contribution is 7.98. The molecule has 0 unspecified atom stereocenters. The van der Waals surface area contributed by atoms with Crippen LogP contribution in [0.1, 0.15) is 16.1 Å². The van der Waals surface area contributed by atoms with Crippen LogP contribution in [0.4, 0.5) is 0 Å². The molecule has 1 aliphatic heterocycles. The van der Waals surface area contributed by atoms with Crippen LogP contribution in [-0.4, -0.2) is 46.2 Å². The quantitative estimate of drug-likeness (QED) is 0.691. The lowest BCUT2D eigenvalue weighted by Crippen LogP contribution is -2.55. The Hall–Kier alpha value is -2.80. The number of benzene rings is 1. The van der Waals surface area contributed by atoms with Crippen molar-refractivity contribution in [3.05, 3.63) is 66.1 Å². The Labute approximate surface area is 161 Å². The number of nitrogens with zero attached hydrogens (tertiary/aromatic N) is 3. The minimum absolute atomic E-state index is 0.00596. The fraction of sp³-hybridized carbons (Fsp3) is 0.250. The highest BCUT2D eigenvalue weighted by atomic mass is 32.2. The number of thioether (sulfide) groups is 1. The Kier molecular flexibility index (Phi) is 4.85. The maximum absolute atomic E-state index is 12.8. The molecule has 3 aromatic rings. The van der Waals surface area contributed by atoms with Crippen LogP contribution in [-0.2, 0) is 10.5 Å². The van der Waals surface area contributed by atoms with E-state index in [1.807, 2.05) is 59.3 Å². The number of amides is 2. The highest BCUT2D eigenvalue weighted by Gasteiger charge is 2.36. The smallest absolute Gasteiger partial charge is 0.255 e. The molecule has 2 aromatic heterocycles. The zero-order valence-electron chi connectivity index (χ0n) is 15.0. The maximum Gasteiger partial charge on any atom is 0.255 e. The van der Waals surface area contributed by atoms with Crippen molar-refractivity contribution >= 4 is 29.2 Å². The molecule has 7 heteroatoms. The van der Waals surface area contributed by atoms with Crippen molar-refractivity contribution in [2.45, 2.75) is 10.6 Å². The number of fused-ring (bicyclic) bond motifs is 1. The zero-order chi connectivity index (χ0) is 18.8. The molecular formula is C20H20N4O2S. The van der Waals surface area contributed by atoms with Gasteiger partial charge in [0.05, 0.1) is 17.2 Å². The third-order valence-corrected chi connectivity index (χ3v) is 5.80. The topological polar surface area (TPSA) is 66.7 Å². The van der Waals surface area contributed by atoms with Gasteiger partial charge in [0.25, 0.3) is 5.91 Å². The van der Waals surface area contributed by atoms with Crippen LogP contribution in [0.2, 0.25) is 0 Å². The van der Waals surface area contributed by atoms with E-state index >= 15 is 0 Å². The van der Waals surface area contributed by atoms with Gasteiger partial charge in [-0.3, -0.25) is 9.59 Å². The molecule has 4 rings (SSSR count). The summed E-state index contributed by atoms with van der Waals surface area (Å²) in [5.41, 5.74) is 2.57. The largest absolute Gasteiger partial charge is 0.359 e. The molecule has 0 saturated carbocycles. The van der Waals surface area contributed by atoms with Crippen molar-refractivity contribution in [2.75, 3.05) is 20.1 Å². The lowest BCUT2D eigenvalue weighted by Gasteiger charge is -2.38. The van der Waals surface area contributed by atoms with Crippen molar-refractivity contribution in [2.24, 2.45) is 5.92 Å². The van der Waals surface area contributed by atoms with E-state index in [2.05, 4.69) is 10.3 Å². The number of carbonyl (C=O) groups is 2. The first-order chi connectivity index (χ1) is 13.2. The van der Waals surface area contributed by atoms with Gasteiger partial charge < -0.3 is 14.6 Å². The van der Waals surface area contributed by atoms with Gasteiger partial charge in [0.1, 0.15) is 5.65 Å². The Morgan fingerprint density at radius 2 is 1.96 bits per heavy atom. The van der Waals surface area contributed by atoms with Gasteiger partial charge in [-0.1, -0.05) is 18.2 Å². The summed E-state index contributed by atoms with van der Waals surface area (Å²) in [5, 5.41) is 2.64. The van der Waals surface area contributed by atoms with Gasteiger partial charge in [0.15, 0.2) is 0 Å². The highest BCUT2D eigenvalue weighted by Crippen LogP contribution is 2.29. The molecule has 3 heterocycles. The van der Waals surface area contributed by atoms with Crippen molar-refractivity contribution in [3.63, 3.8) is 0 Å². The first-order valence-electron chi connectivity index (χ1n) is 8.81. The third kappa shape index (κ3) is 3.55. The molecule has 0 spiro atoms. The standard InChI is InChI=1S/C20H20N4O2S/c1-21-19(25)14-10-24(11-14)20(26)16-6-2-3-7-17(16)27-13-15-12-23-9-5-4-8-18(23)22-15/h2-9,12,14H,10-11,13H2,1H3,(H,21,25). The Balaban J connectivity index is 1.45. The lowest BCUT2D eigenvalue weighted by molar-refractivity contribution is -0.128. The summed E-state index contributed by atoms with van der Waals surface area (Å²) < 4.78 is 1.99. The summed E-state index contributed by atoms with van der Waals surface area (Å²) in [5.74, 6) is 0.561. The van der Waals surface area contributed by atoms with E-state index in [1.54, 1.807) is 23.7 Å². The summed E-state index contributed by atoms with van der Waals surface area (Å²) in [4.78, 5) is 31.7. The second-order valence-electron chi connectivity index (χ2n) is 6.50. The van der Waals surface area contributed by atoms with Crippen LogP contribution in [0.15, 0.2) is 59.8 Å². The second kappa shape index (κ2) is 7.44. The average Bonchev–Trinajstić information content (AvgIpc) is 3.08. The average molecular weight is 380 g/mol. The van der Waals surface area contributed by atoms with E-state index < -0.39 is 0 Å². The molecule has 1 saturated heterocycles. The van der Waals surface area contributed by atoms with Crippen molar-refractivity contribution < 1.29 is 9.59 Å². The Morgan fingerprint density at radius 1 is 1.19 bits per heavy atom. The fourth-order valence-electron chi connectivity index (χ4n) is 3.16. The predicted octanol–water partition coefficient (Wildman–Crippen LogP) is 2.44. The van der Waals surface area contributed by atoms with Crippen LogP contribution in [0.5, 0.6) is 0 Å². The van der Waals surface area contributed by atoms with Gasteiger partial charge in [0.2, 0.25) is 5.91 Å². The number of nitrogens with one attached hydrogen (secondary N) is 1. The van der Waals surface area contributed by atoms with Gasteiger partial charge in [-0.05, 0) is 24.3 Å². The van der Waals surface area contributed by atoms with E-state index in [0.717, 1.165) is 16.2 Å². The summed E-state index contributed by atoms with van der Waals surface area (Å²) >= 11 is 1.60. The Bertz CT molecular complexity index is 961.